The average Bonchev–Trinajstić information content (AvgIpc) is 2.47. The molecule has 0 amide bonds. The Kier molecular flexibility index (Phi) is 3.27. The number of rotatable bonds is 3. The summed E-state index contributed by atoms with van der Waals surface area (Å²) in [6.07, 6.45) is 0. The third-order valence-corrected chi connectivity index (χ3v) is 4.59. The molecule has 3 aromatic rings. The predicted octanol–water partition coefficient (Wildman–Crippen LogP) is 3.22. The molecule has 0 heterocycles. The number of nitrogen functional groups attached to an aromatic ring is 1. The Morgan fingerprint density at radius 3 is 2.19 bits per heavy atom. The number of sulfonamides is 1. The first-order chi connectivity index (χ1) is 10.0. The second-order valence-corrected chi connectivity index (χ2v) is 6.42. The van der Waals surface area contributed by atoms with E-state index < -0.39 is 10.0 Å². The van der Waals surface area contributed by atoms with E-state index in [0.29, 0.717) is 11.4 Å². The van der Waals surface area contributed by atoms with E-state index in [1.54, 1.807) is 18.2 Å². The van der Waals surface area contributed by atoms with Crippen molar-refractivity contribution in [3.8, 4) is 0 Å². The van der Waals surface area contributed by atoms with E-state index in [4.69, 9.17) is 5.73 Å². The molecule has 0 unspecified atom stereocenters. The van der Waals surface area contributed by atoms with E-state index in [1.807, 2.05) is 36.4 Å². The molecule has 0 aromatic heterocycles. The number of hydrogen-bond acceptors (Lipinski definition) is 3. The van der Waals surface area contributed by atoms with Gasteiger partial charge in [0, 0.05) is 11.4 Å². The van der Waals surface area contributed by atoms with Gasteiger partial charge in [0.25, 0.3) is 10.0 Å². The molecule has 0 radical (unpaired) electrons. The summed E-state index contributed by atoms with van der Waals surface area (Å²) in [6, 6.07) is 19.3. The van der Waals surface area contributed by atoms with Crippen LogP contribution in [0.25, 0.3) is 10.8 Å². The Morgan fingerprint density at radius 1 is 0.810 bits per heavy atom. The van der Waals surface area contributed by atoms with Gasteiger partial charge in [-0.1, -0.05) is 30.3 Å². The van der Waals surface area contributed by atoms with Gasteiger partial charge >= 0.3 is 0 Å². The molecule has 0 aliphatic carbocycles. The Hall–Kier alpha value is -2.53. The van der Waals surface area contributed by atoms with Crippen molar-refractivity contribution in [2.24, 2.45) is 0 Å². The summed E-state index contributed by atoms with van der Waals surface area (Å²) in [6.45, 7) is 0. The average molecular weight is 298 g/mol. The Balaban J connectivity index is 1.95. The topological polar surface area (TPSA) is 72.2 Å². The Morgan fingerprint density at radius 2 is 1.48 bits per heavy atom. The van der Waals surface area contributed by atoms with Crippen LogP contribution in [0.2, 0.25) is 0 Å². The summed E-state index contributed by atoms with van der Waals surface area (Å²) in [5.74, 6) is 0. The van der Waals surface area contributed by atoms with Gasteiger partial charge in [-0.15, -0.1) is 0 Å². The summed E-state index contributed by atoms with van der Waals surface area (Å²) in [5.41, 5.74) is 6.63. The van der Waals surface area contributed by atoms with Gasteiger partial charge in [0.15, 0.2) is 0 Å². The van der Waals surface area contributed by atoms with Crippen LogP contribution < -0.4 is 10.5 Å². The quantitative estimate of drug-likeness (QED) is 0.729. The zero-order chi connectivity index (χ0) is 14.9. The number of benzene rings is 3. The fourth-order valence-corrected chi connectivity index (χ4v) is 3.16. The van der Waals surface area contributed by atoms with Crippen LogP contribution >= 0.6 is 0 Å². The van der Waals surface area contributed by atoms with Crippen molar-refractivity contribution in [2.45, 2.75) is 4.90 Å². The third kappa shape index (κ3) is 2.83. The zero-order valence-electron chi connectivity index (χ0n) is 11.2. The van der Waals surface area contributed by atoms with Gasteiger partial charge in [-0.05, 0) is 47.2 Å². The largest absolute Gasteiger partial charge is 0.399 e. The third-order valence-electron chi connectivity index (χ3n) is 3.19. The highest BCUT2D eigenvalue weighted by molar-refractivity contribution is 7.92. The highest BCUT2D eigenvalue weighted by Crippen LogP contribution is 2.22. The lowest BCUT2D eigenvalue weighted by atomic mass is 10.1. The van der Waals surface area contributed by atoms with Gasteiger partial charge < -0.3 is 5.73 Å². The second kappa shape index (κ2) is 5.10. The minimum absolute atomic E-state index is 0.185. The lowest BCUT2D eigenvalue weighted by molar-refractivity contribution is 0.601. The molecule has 0 atom stereocenters. The maximum atomic E-state index is 12.3. The predicted molar refractivity (Wildman–Crippen MR) is 85.6 cm³/mol. The summed E-state index contributed by atoms with van der Waals surface area (Å²) >= 11 is 0. The molecule has 3 N–H and O–H groups in total. The van der Waals surface area contributed by atoms with Crippen molar-refractivity contribution in [3.63, 3.8) is 0 Å². The molecular formula is C16H14N2O2S. The Labute approximate surface area is 123 Å². The molecule has 0 saturated carbocycles. The van der Waals surface area contributed by atoms with Crippen LogP contribution in [0, 0.1) is 0 Å². The van der Waals surface area contributed by atoms with Crippen LogP contribution in [-0.4, -0.2) is 8.42 Å². The minimum atomic E-state index is -3.60. The molecule has 0 fully saturated rings. The highest BCUT2D eigenvalue weighted by atomic mass is 32.2. The Bertz CT molecular complexity index is 888. The van der Waals surface area contributed by atoms with Crippen molar-refractivity contribution in [2.75, 3.05) is 10.5 Å². The summed E-state index contributed by atoms with van der Waals surface area (Å²) in [7, 11) is -3.60. The van der Waals surface area contributed by atoms with Crippen molar-refractivity contribution < 1.29 is 8.42 Å². The van der Waals surface area contributed by atoms with Crippen molar-refractivity contribution in [1.29, 1.82) is 0 Å². The molecule has 21 heavy (non-hydrogen) atoms. The van der Waals surface area contributed by atoms with Gasteiger partial charge in [-0.25, -0.2) is 8.42 Å². The zero-order valence-corrected chi connectivity index (χ0v) is 12.0. The normalized spacial score (nSPS) is 11.4. The fourth-order valence-electron chi connectivity index (χ4n) is 2.11. The van der Waals surface area contributed by atoms with Gasteiger partial charge in [0.2, 0.25) is 0 Å². The number of anilines is 2. The van der Waals surface area contributed by atoms with E-state index in [9.17, 15) is 8.42 Å². The summed E-state index contributed by atoms with van der Waals surface area (Å²) in [5, 5.41) is 2.04. The highest BCUT2D eigenvalue weighted by Gasteiger charge is 2.13. The standard InChI is InChI=1S/C16H14N2O2S/c17-14-6-9-16(10-7-14)21(19,20)18-15-8-5-12-3-1-2-4-13(12)11-15/h1-11,18H,17H2. The molecule has 0 aliphatic rings. The molecule has 4 nitrogen and oxygen atoms in total. The first kappa shape index (κ1) is 13.5. The van der Waals surface area contributed by atoms with Gasteiger partial charge in [-0.3, -0.25) is 4.72 Å². The first-order valence-corrected chi connectivity index (χ1v) is 7.90. The smallest absolute Gasteiger partial charge is 0.261 e. The van der Waals surface area contributed by atoms with E-state index in [2.05, 4.69) is 4.72 Å². The lowest BCUT2D eigenvalue weighted by Crippen LogP contribution is -2.12. The van der Waals surface area contributed by atoms with E-state index >= 15 is 0 Å². The lowest BCUT2D eigenvalue weighted by Gasteiger charge is -2.09. The molecule has 0 saturated heterocycles. The molecule has 106 valence electrons. The van der Waals surface area contributed by atoms with Crippen LogP contribution in [-0.2, 0) is 10.0 Å². The van der Waals surface area contributed by atoms with Crippen LogP contribution in [0.3, 0.4) is 0 Å². The second-order valence-electron chi connectivity index (χ2n) is 4.74. The van der Waals surface area contributed by atoms with Crippen LogP contribution in [0.1, 0.15) is 0 Å². The monoisotopic (exact) mass is 298 g/mol. The van der Waals surface area contributed by atoms with Gasteiger partial charge in [0.1, 0.15) is 0 Å². The maximum Gasteiger partial charge on any atom is 0.261 e. The number of hydrogen-bond donors (Lipinski definition) is 2. The fraction of sp³-hybridized carbons (Fsp3) is 0. The van der Waals surface area contributed by atoms with Crippen molar-refractivity contribution in [3.05, 3.63) is 66.7 Å². The van der Waals surface area contributed by atoms with Gasteiger partial charge in [0.05, 0.1) is 4.90 Å². The van der Waals surface area contributed by atoms with Crippen molar-refractivity contribution in [1.82, 2.24) is 0 Å². The number of fused-ring (bicyclic) bond motifs is 1. The maximum absolute atomic E-state index is 12.3. The van der Waals surface area contributed by atoms with Crippen molar-refractivity contribution >= 4 is 32.2 Å². The van der Waals surface area contributed by atoms with Crippen LogP contribution in [0.15, 0.2) is 71.6 Å². The van der Waals surface area contributed by atoms with E-state index in [1.165, 1.54) is 12.1 Å². The summed E-state index contributed by atoms with van der Waals surface area (Å²) in [4.78, 5) is 0.185. The minimum Gasteiger partial charge on any atom is -0.399 e. The van der Waals surface area contributed by atoms with Gasteiger partial charge in [-0.2, -0.15) is 0 Å². The first-order valence-electron chi connectivity index (χ1n) is 6.42. The molecule has 3 rings (SSSR count). The molecule has 0 aliphatic heterocycles. The molecule has 5 heteroatoms. The van der Waals surface area contributed by atoms with Crippen LogP contribution in [0.4, 0.5) is 11.4 Å². The van der Waals surface area contributed by atoms with Crippen LogP contribution in [0.5, 0.6) is 0 Å². The van der Waals surface area contributed by atoms with E-state index in [-0.39, 0.29) is 4.90 Å². The molecule has 3 aromatic carbocycles. The SMILES string of the molecule is Nc1ccc(S(=O)(=O)Nc2ccc3ccccc3c2)cc1. The van der Waals surface area contributed by atoms with E-state index in [0.717, 1.165) is 10.8 Å². The molecule has 0 spiro atoms. The molecule has 0 bridgehead atoms. The summed E-state index contributed by atoms with van der Waals surface area (Å²) < 4.78 is 27.2. The molecular weight excluding hydrogens is 284 g/mol. The number of nitrogens with two attached hydrogens (primary N) is 1. The number of nitrogens with one attached hydrogen (secondary N) is 1.